The first-order valence-electron chi connectivity index (χ1n) is 9.49. The van der Waals surface area contributed by atoms with Gasteiger partial charge >= 0.3 is 0 Å². The molecule has 0 saturated heterocycles. The zero-order valence-corrected chi connectivity index (χ0v) is 15.7. The van der Waals surface area contributed by atoms with Crippen molar-refractivity contribution in [2.24, 2.45) is 5.92 Å². The number of nitrogens with one attached hydrogen (secondary N) is 2. The molecule has 2 N–H and O–H groups in total. The first-order valence-corrected chi connectivity index (χ1v) is 9.49. The van der Waals surface area contributed by atoms with E-state index in [-0.39, 0.29) is 30.8 Å². The van der Waals surface area contributed by atoms with Crippen molar-refractivity contribution in [1.29, 1.82) is 0 Å². The third kappa shape index (κ3) is 4.71. The van der Waals surface area contributed by atoms with Gasteiger partial charge in [-0.1, -0.05) is 0 Å². The Morgan fingerprint density at radius 2 is 2.00 bits per heavy atom. The third-order valence-corrected chi connectivity index (χ3v) is 4.64. The van der Waals surface area contributed by atoms with Gasteiger partial charge in [0.25, 0.3) is 0 Å². The van der Waals surface area contributed by atoms with Gasteiger partial charge in [0, 0.05) is 41.8 Å². The van der Waals surface area contributed by atoms with Crippen molar-refractivity contribution in [2.75, 3.05) is 18.5 Å². The second-order valence-electron chi connectivity index (χ2n) is 6.95. The molecular weight excluding hydrogens is 375 g/mol. The molecule has 0 aliphatic heterocycles. The second-order valence-corrected chi connectivity index (χ2v) is 6.95. The van der Waals surface area contributed by atoms with Crippen LogP contribution in [0.1, 0.15) is 12.8 Å². The van der Waals surface area contributed by atoms with Crippen LogP contribution in [0.15, 0.2) is 48.8 Å². The van der Waals surface area contributed by atoms with Crippen LogP contribution in [-0.2, 0) is 16.1 Å². The van der Waals surface area contributed by atoms with Crippen molar-refractivity contribution in [2.45, 2.75) is 19.4 Å². The number of amides is 2. The van der Waals surface area contributed by atoms with Crippen LogP contribution >= 0.6 is 0 Å². The van der Waals surface area contributed by atoms with E-state index >= 15 is 0 Å². The van der Waals surface area contributed by atoms with E-state index < -0.39 is 6.67 Å². The van der Waals surface area contributed by atoms with Crippen LogP contribution < -0.4 is 15.4 Å². The maximum absolute atomic E-state index is 12.2. The van der Waals surface area contributed by atoms with Gasteiger partial charge in [0.15, 0.2) is 0 Å². The Labute approximate surface area is 166 Å². The predicted octanol–water partition coefficient (Wildman–Crippen LogP) is 3.26. The minimum absolute atomic E-state index is 0.00652. The maximum atomic E-state index is 12.2. The maximum Gasteiger partial charge on any atom is 0.240 e. The Kier molecular flexibility index (Phi) is 5.41. The summed E-state index contributed by atoms with van der Waals surface area (Å²) in [5.41, 5.74) is 0.875. The van der Waals surface area contributed by atoms with Crippen LogP contribution in [-0.4, -0.2) is 34.6 Å². The highest BCUT2D eigenvalue weighted by Gasteiger charge is 2.29. The van der Waals surface area contributed by atoms with E-state index in [0.717, 1.165) is 23.7 Å². The molecule has 29 heavy (non-hydrogen) atoms. The van der Waals surface area contributed by atoms with Gasteiger partial charge in [-0.3, -0.25) is 9.59 Å². The highest BCUT2D eigenvalue weighted by molar-refractivity contribution is 5.93. The van der Waals surface area contributed by atoms with Gasteiger partial charge in [0.2, 0.25) is 11.8 Å². The zero-order valence-electron chi connectivity index (χ0n) is 15.7. The first kappa shape index (κ1) is 18.9. The smallest absolute Gasteiger partial charge is 0.240 e. The summed E-state index contributed by atoms with van der Waals surface area (Å²) in [7, 11) is 0. The van der Waals surface area contributed by atoms with Crippen molar-refractivity contribution >= 4 is 28.5 Å². The number of rotatable bonds is 8. The molecule has 150 valence electrons. The predicted molar refractivity (Wildman–Crippen MR) is 107 cm³/mol. The summed E-state index contributed by atoms with van der Waals surface area (Å²) in [6.45, 7) is -0.441. The highest BCUT2D eigenvalue weighted by Crippen LogP contribution is 2.31. The Morgan fingerprint density at radius 1 is 1.17 bits per heavy atom. The Morgan fingerprint density at radius 3 is 2.79 bits per heavy atom. The number of aromatic nitrogens is 2. The number of hydrogen-bond acceptors (Lipinski definition) is 4. The molecule has 1 aliphatic rings. The van der Waals surface area contributed by atoms with E-state index in [1.165, 1.54) is 0 Å². The molecule has 1 saturated carbocycles. The van der Waals surface area contributed by atoms with E-state index in [0.29, 0.717) is 17.3 Å². The number of carbonyl (C=O) groups excluding carboxylic acids is 2. The minimum Gasteiger partial charge on any atom is -0.457 e. The fraction of sp³-hybridized carbons (Fsp3) is 0.286. The lowest BCUT2D eigenvalue weighted by atomic mass is 10.2. The van der Waals surface area contributed by atoms with Gasteiger partial charge in [-0.25, -0.2) is 9.37 Å². The molecule has 4 rings (SSSR count). The van der Waals surface area contributed by atoms with Crippen molar-refractivity contribution in [3.63, 3.8) is 0 Å². The van der Waals surface area contributed by atoms with E-state index in [1.54, 1.807) is 35.2 Å². The Balaban J connectivity index is 1.45. The molecule has 1 aliphatic carbocycles. The summed E-state index contributed by atoms with van der Waals surface area (Å²) in [4.78, 5) is 27.9. The normalized spacial score (nSPS) is 13.3. The molecule has 1 fully saturated rings. The van der Waals surface area contributed by atoms with Crippen LogP contribution in [0.4, 0.5) is 10.2 Å². The van der Waals surface area contributed by atoms with Crippen LogP contribution in [0.5, 0.6) is 11.5 Å². The molecule has 0 atom stereocenters. The standard InChI is InChI=1S/C21H21FN4O3/c22-7-9-24-20(27)13-26-10-6-15-11-16(3-4-18(15)26)29-17-5-8-23-19(12-17)25-21(28)14-1-2-14/h3-6,8,10-12,14H,1-2,7,9,13H2,(H,24,27)(H,23,25,28). The largest absolute Gasteiger partial charge is 0.457 e. The van der Waals surface area contributed by atoms with Gasteiger partial charge in [-0.2, -0.15) is 0 Å². The van der Waals surface area contributed by atoms with E-state index in [4.69, 9.17) is 4.74 Å². The summed E-state index contributed by atoms with van der Waals surface area (Å²) in [5.74, 6) is 1.52. The molecule has 2 amide bonds. The number of benzene rings is 1. The lowest BCUT2D eigenvalue weighted by Gasteiger charge is -2.09. The molecule has 0 spiro atoms. The van der Waals surface area contributed by atoms with Gasteiger partial charge in [-0.05, 0) is 43.2 Å². The third-order valence-electron chi connectivity index (χ3n) is 4.64. The van der Waals surface area contributed by atoms with Crippen LogP contribution in [0.2, 0.25) is 0 Å². The van der Waals surface area contributed by atoms with E-state index in [2.05, 4.69) is 15.6 Å². The zero-order chi connectivity index (χ0) is 20.2. The van der Waals surface area contributed by atoms with E-state index in [9.17, 15) is 14.0 Å². The topological polar surface area (TPSA) is 85.2 Å². The lowest BCUT2D eigenvalue weighted by Crippen LogP contribution is -2.28. The SMILES string of the molecule is O=C(Cn1ccc2cc(Oc3ccnc(NC(=O)C4CC4)c3)ccc21)NCCF. The number of halogens is 1. The number of pyridine rings is 1. The molecule has 0 radical (unpaired) electrons. The minimum atomic E-state index is -0.583. The number of anilines is 1. The number of fused-ring (bicyclic) bond motifs is 1. The first-order chi connectivity index (χ1) is 14.1. The van der Waals surface area contributed by atoms with Gasteiger partial charge in [0.1, 0.15) is 30.5 Å². The lowest BCUT2D eigenvalue weighted by molar-refractivity contribution is -0.121. The van der Waals surface area contributed by atoms with Gasteiger partial charge < -0.3 is 19.9 Å². The molecule has 2 aromatic heterocycles. The summed E-state index contributed by atoms with van der Waals surface area (Å²) in [6, 6.07) is 10.8. The van der Waals surface area contributed by atoms with Crippen molar-refractivity contribution in [3.05, 3.63) is 48.8 Å². The molecule has 2 heterocycles. The summed E-state index contributed by atoms with van der Waals surface area (Å²) in [6.07, 6.45) is 5.25. The average molecular weight is 396 g/mol. The average Bonchev–Trinajstić information content (AvgIpc) is 3.49. The number of carbonyl (C=O) groups is 2. The molecule has 0 unspecified atom stereocenters. The summed E-state index contributed by atoms with van der Waals surface area (Å²) < 4.78 is 19.9. The second kappa shape index (κ2) is 8.30. The van der Waals surface area contributed by atoms with Crippen LogP contribution in [0.3, 0.4) is 0 Å². The molecule has 7 nitrogen and oxygen atoms in total. The fourth-order valence-corrected chi connectivity index (χ4v) is 3.03. The molecule has 1 aromatic carbocycles. The summed E-state index contributed by atoms with van der Waals surface area (Å²) in [5, 5.41) is 6.23. The Bertz CT molecular complexity index is 1050. The van der Waals surface area contributed by atoms with Gasteiger partial charge in [-0.15, -0.1) is 0 Å². The van der Waals surface area contributed by atoms with Gasteiger partial charge in [0.05, 0.1) is 0 Å². The number of nitrogens with zero attached hydrogens (tertiary/aromatic N) is 2. The number of hydrogen-bond donors (Lipinski definition) is 2. The van der Waals surface area contributed by atoms with Crippen molar-refractivity contribution < 1.29 is 18.7 Å². The summed E-state index contributed by atoms with van der Waals surface area (Å²) >= 11 is 0. The molecule has 8 heteroatoms. The highest BCUT2D eigenvalue weighted by atomic mass is 19.1. The molecular formula is C21H21FN4O3. The van der Waals surface area contributed by atoms with Crippen LogP contribution in [0.25, 0.3) is 10.9 Å². The van der Waals surface area contributed by atoms with Crippen molar-refractivity contribution in [3.8, 4) is 11.5 Å². The number of alkyl halides is 1. The number of ether oxygens (including phenoxy) is 1. The fourth-order valence-electron chi connectivity index (χ4n) is 3.03. The molecule has 0 bridgehead atoms. The van der Waals surface area contributed by atoms with E-state index in [1.807, 2.05) is 18.2 Å². The quantitative estimate of drug-likeness (QED) is 0.612. The Hall–Kier alpha value is -3.42. The molecule has 3 aromatic rings. The van der Waals surface area contributed by atoms with Crippen molar-refractivity contribution in [1.82, 2.24) is 14.9 Å². The monoisotopic (exact) mass is 396 g/mol. The van der Waals surface area contributed by atoms with Crippen LogP contribution in [0, 0.1) is 5.92 Å².